The fraction of sp³-hybridized carbons (Fsp3) is 0.667. The molecular weight excluding hydrogens is 286 g/mol. The Kier molecular flexibility index (Phi) is 4.24. The summed E-state index contributed by atoms with van der Waals surface area (Å²) >= 11 is 1.55. The Morgan fingerprint density at radius 3 is 2.90 bits per heavy atom. The van der Waals surface area contributed by atoms with Crippen LogP contribution in [0.15, 0.2) is 5.38 Å². The molecule has 6 heteroatoms. The summed E-state index contributed by atoms with van der Waals surface area (Å²) in [5.41, 5.74) is 0.979. The van der Waals surface area contributed by atoms with Crippen LogP contribution in [0.2, 0.25) is 0 Å². The molecule has 21 heavy (non-hydrogen) atoms. The molecule has 0 bridgehead atoms. The maximum atomic E-state index is 12.2. The SMILES string of the molecule is Cc1csc(CNC(=O)[C@H]2CC(=O)N(C3CCCC3)C2)n1. The molecule has 1 aliphatic carbocycles. The highest BCUT2D eigenvalue weighted by Gasteiger charge is 2.38. The first-order valence-electron chi connectivity index (χ1n) is 7.61. The fourth-order valence-corrected chi connectivity index (χ4v) is 3.98. The maximum Gasteiger partial charge on any atom is 0.225 e. The molecule has 0 spiro atoms. The minimum Gasteiger partial charge on any atom is -0.349 e. The van der Waals surface area contributed by atoms with Crippen LogP contribution in [0.1, 0.15) is 42.8 Å². The van der Waals surface area contributed by atoms with Gasteiger partial charge in [0.15, 0.2) is 0 Å². The minimum absolute atomic E-state index is 0.0169. The fourth-order valence-electron chi connectivity index (χ4n) is 3.27. The van der Waals surface area contributed by atoms with E-state index in [0.29, 0.717) is 25.6 Å². The molecule has 1 aromatic heterocycles. The molecule has 2 aliphatic rings. The number of carbonyl (C=O) groups is 2. The number of carbonyl (C=O) groups excluding carboxylic acids is 2. The third-order valence-electron chi connectivity index (χ3n) is 4.38. The quantitative estimate of drug-likeness (QED) is 0.923. The Labute approximate surface area is 128 Å². The van der Waals surface area contributed by atoms with E-state index < -0.39 is 0 Å². The molecule has 1 aromatic rings. The summed E-state index contributed by atoms with van der Waals surface area (Å²) in [5.74, 6) is -0.0667. The molecule has 5 nitrogen and oxygen atoms in total. The highest BCUT2D eigenvalue weighted by atomic mass is 32.1. The van der Waals surface area contributed by atoms with Gasteiger partial charge in [0.25, 0.3) is 0 Å². The number of aryl methyl sites for hydroxylation is 1. The molecule has 1 N–H and O–H groups in total. The first-order valence-corrected chi connectivity index (χ1v) is 8.49. The van der Waals surface area contributed by atoms with Crippen LogP contribution in [0.3, 0.4) is 0 Å². The molecule has 1 saturated heterocycles. The van der Waals surface area contributed by atoms with Crippen molar-refractivity contribution in [3.8, 4) is 0 Å². The summed E-state index contributed by atoms with van der Waals surface area (Å²) in [6, 6.07) is 0.372. The summed E-state index contributed by atoms with van der Waals surface area (Å²) < 4.78 is 0. The van der Waals surface area contributed by atoms with Gasteiger partial charge in [-0.15, -0.1) is 11.3 Å². The Morgan fingerprint density at radius 2 is 2.24 bits per heavy atom. The Morgan fingerprint density at radius 1 is 1.48 bits per heavy atom. The Bertz CT molecular complexity index is 537. The van der Waals surface area contributed by atoms with Crippen molar-refractivity contribution in [2.24, 2.45) is 5.92 Å². The van der Waals surface area contributed by atoms with E-state index in [9.17, 15) is 9.59 Å². The molecule has 2 amide bonds. The molecule has 114 valence electrons. The molecule has 2 fully saturated rings. The van der Waals surface area contributed by atoms with Crippen LogP contribution in [0.25, 0.3) is 0 Å². The zero-order chi connectivity index (χ0) is 14.8. The van der Waals surface area contributed by atoms with Crippen molar-refractivity contribution in [1.29, 1.82) is 0 Å². The smallest absolute Gasteiger partial charge is 0.225 e. The van der Waals surface area contributed by atoms with Gasteiger partial charge < -0.3 is 10.2 Å². The Balaban J connectivity index is 1.52. The second-order valence-electron chi connectivity index (χ2n) is 5.99. The van der Waals surface area contributed by atoms with Gasteiger partial charge >= 0.3 is 0 Å². The van der Waals surface area contributed by atoms with Gasteiger partial charge in [-0.2, -0.15) is 0 Å². The topological polar surface area (TPSA) is 62.3 Å². The lowest BCUT2D eigenvalue weighted by Gasteiger charge is -2.23. The zero-order valence-corrected chi connectivity index (χ0v) is 13.1. The summed E-state index contributed by atoms with van der Waals surface area (Å²) in [6.07, 6.45) is 4.96. The normalized spacial score (nSPS) is 23.0. The third-order valence-corrected chi connectivity index (χ3v) is 5.34. The number of rotatable bonds is 4. The molecule has 3 rings (SSSR count). The van der Waals surface area contributed by atoms with Crippen LogP contribution in [-0.4, -0.2) is 34.3 Å². The minimum atomic E-state index is -0.195. The van der Waals surface area contributed by atoms with Crippen molar-refractivity contribution < 1.29 is 9.59 Å². The van der Waals surface area contributed by atoms with Gasteiger partial charge in [0.2, 0.25) is 11.8 Å². The number of hydrogen-bond donors (Lipinski definition) is 1. The number of nitrogens with zero attached hydrogens (tertiary/aromatic N) is 2. The number of hydrogen-bond acceptors (Lipinski definition) is 4. The molecule has 2 heterocycles. The van der Waals surface area contributed by atoms with E-state index in [4.69, 9.17) is 0 Å². The molecule has 0 radical (unpaired) electrons. The first kappa shape index (κ1) is 14.5. The highest BCUT2D eigenvalue weighted by molar-refractivity contribution is 7.09. The van der Waals surface area contributed by atoms with Crippen LogP contribution in [0.4, 0.5) is 0 Å². The van der Waals surface area contributed by atoms with Crippen molar-refractivity contribution in [3.63, 3.8) is 0 Å². The van der Waals surface area contributed by atoms with Crippen LogP contribution < -0.4 is 5.32 Å². The molecular formula is C15H21N3O2S. The average molecular weight is 307 g/mol. The van der Waals surface area contributed by atoms with Crippen LogP contribution in [0.5, 0.6) is 0 Å². The van der Waals surface area contributed by atoms with Crippen LogP contribution >= 0.6 is 11.3 Å². The van der Waals surface area contributed by atoms with E-state index in [1.54, 1.807) is 11.3 Å². The molecule has 1 aliphatic heterocycles. The maximum absolute atomic E-state index is 12.2. The predicted octanol–water partition coefficient (Wildman–Crippen LogP) is 1.86. The summed E-state index contributed by atoms with van der Waals surface area (Å²) in [7, 11) is 0. The largest absolute Gasteiger partial charge is 0.349 e. The first-order chi connectivity index (χ1) is 10.1. The lowest BCUT2D eigenvalue weighted by Crippen LogP contribution is -2.36. The Hall–Kier alpha value is -1.43. The number of nitrogens with one attached hydrogen (secondary N) is 1. The van der Waals surface area contributed by atoms with Gasteiger partial charge in [0.05, 0.1) is 12.5 Å². The zero-order valence-electron chi connectivity index (χ0n) is 12.3. The van der Waals surface area contributed by atoms with E-state index in [0.717, 1.165) is 23.5 Å². The third kappa shape index (κ3) is 3.26. The van der Waals surface area contributed by atoms with Crippen LogP contribution in [0, 0.1) is 12.8 Å². The second kappa shape index (κ2) is 6.13. The second-order valence-corrected chi connectivity index (χ2v) is 6.93. The van der Waals surface area contributed by atoms with Gasteiger partial charge in [0.1, 0.15) is 5.01 Å². The lowest BCUT2D eigenvalue weighted by atomic mass is 10.1. The predicted molar refractivity (Wildman–Crippen MR) is 80.8 cm³/mol. The summed E-state index contributed by atoms with van der Waals surface area (Å²) in [6.45, 7) is 2.99. The number of thiazole rings is 1. The van der Waals surface area contributed by atoms with E-state index in [2.05, 4.69) is 10.3 Å². The van der Waals surface area contributed by atoms with Crippen molar-refractivity contribution in [3.05, 3.63) is 16.1 Å². The van der Waals surface area contributed by atoms with Crippen molar-refractivity contribution >= 4 is 23.2 Å². The molecule has 0 unspecified atom stereocenters. The van der Waals surface area contributed by atoms with E-state index >= 15 is 0 Å². The van der Waals surface area contributed by atoms with Crippen LogP contribution in [-0.2, 0) is 16.1 Å². The van der Waals surface area contributed by atoms with Crippen molar-refractivity contribution in [2.45, 2.75) is 51.6 Å². The van der Waals surface area contributed by atoms with Gasteiger partial charge in [0, 0.05) is 30.1 Å². The van der Waals surface area contributed by atoms with E-state index in [1.807, 2.05) is 17.2 Å². The standard InChI is InChI=1S/C15H21N3O2S/c1-10-9-21-13(17-10)7-16-15(20)11-6-14(19)18(8-11)12-4-2-3-5-12/h9,11-12H,2-8H2,1H3,(H,16,20)/t11-/m0/s1. The summed E-state index contributed by atoms with van der Waals surface area (Å²) in [5, 5.41) is 5.81. The lowest BCUT2D eigenvalue weighted by molar-refractivity contribution is -0.130. The van der Waals surface area contributed by atoms with E-state index in [-0.39, 0.29) is 17.7 Å². The van der Waals surface area contributed by atoms with Crippen molar-refractivity contribution in [2.75, 3.05) is 6.54 Å². The number of likely N-dealkylation sites (tertiary alicyclic amines) is 1. The van der Waals surface area contributed by atoms with Gasteiger partial charge in [-0.05, 0) is 19.8 Å². The monoisotopic (exact) mass is 307 g/mol. The highest BCUT2D eigenvalue weighted by Crippen LogP contribution is 2.29. The van der Waals surface area contributed by atoms with E-state index in [1.165, 1.54) is 12.8 Å². The van der Waals surface area contributed by atoms with Gasteiger partial charge in [-0.1, -0.05) is 12.8 Å². The molecule has 1 atom stereocenters. The van der Waals surface area contributed by atoms with Gasteiger partial charge in [-0.25, -0.2) is 4.98 Å². The number of aromatic nitrogens is 1. The number of amides is 2. The molecule has 0 aromatic carbocycles. The van der Waals surface area contributed by atoms with Crippen molar-refractivity contribution in [1.82, 2.24) is 15.2 Å². The average Bonchev–Trinajstić information content (AvgIpc) is 3.16. The van der Waals surface area contributed by atoms with Gasteiger partial charge in [-0.3, -0.25) is 9.59 Å². The summed E-state index contributed by atoms with van der Waals surface area (Å²) in [4.78, 5) is 30.6. The molecule has 1 saturated carbocycles.